The fourth-order valence-electron chi connectivity index (χ4n) is 2.58. The summed E-state index contributed by atoms with van der Waals surface area (Å²) < 4.78 is 1.70. The number of aryl methyl sites for hydroxylation is 1. The fraction of sp³-hybridized carbons (Fsp3) is 0.0476. The maximum absolute atomic E-state index is 13.3. The van der Waals surface area contributed by atoms with E-state index in [1.165, 1.54) is 0 Å². The number of hydrogen-bond acceptors (Lipinski definition) is 2. The van der Waals surface area contributed by atoms with E-state index in [0.29, 0.717) is 21.3 Å². The van der Waals surface area contributed by atoms with Crippen LogP contribution in [-0.2, 0) is 0 Å². The number of anilines is 1. The second-order valence-electron chi connectivity index (χ2n) is 5.91. The summed E-state index contributed by atoms with van der Waals surface area (Å²) in [7, 11) is 0. The molecule has 3 rings (SSSR count). The highest BCUT2D eigenvalue weighted by Gasteiger charge is 2.20. The van der Waals surface area contributed by atoms with Crippen LogP contribution in [0.1, 0.15) is 11.1 Å². The van der Waals surface area contributed by atoms with Crippen molar-refractivity contribution in [2.24, 2.45) is 0 Å². The second-order valence-corrected chi connectivity index (χ2v) is 7.16. The molecule has 0 saturated heterocycles. The van der Waals surface area contributed by atoms with E-state index >= 15 is 0 Å². The van der Waals surface area contributed by atoms with Crippen LogP contribution in [0.3, 0.4) is 0 Å². The van der Waals surface area contributed by atoms with Gasteiger partial charge in [0.1, 0.15) is 0 Å². The SMILES string of the molecule is Cc1ccc[n+](C(C(=S)Nc2ccccc2)=C([O-])c2cc(Cl)ccc2Cl)c1. The fourth-order valence-corrected chi connectivity index (χ4v) is 3.27. The van der Waals surface area contributed by atoms with Gasteiger partial charge in [-0.25, -0.2) is 0 Å². The Bertz CT molecular complexity index is 1020. The van der Waals surface area contributed by atoms with Gasteiger partial charge >= 0.3 is 0 Å². The molecule has 136 valence electrons. The number of aromatic nitrogens is 1. The molecule has 1 aromatic heterocycles. The summed E-state index contributed by atoms with van der Waals surface area (Å²) in [4.78, 5) is 0.290. The van der Waals surface area contributed by atoms with Crippen molar-refractivity contribution in [3.05, 3.63) is 94.2 Å². The van der Waals surface area contributed by atoms with Gasteiger partial charge in [0.25, 0.3) is 0 Å². The monoisotopic (exact) mass is 414 g/mol. The third-order valence-corrected chi connectivity index (χ3v) is 4.70. The lowest BCUT2D eigenvalue weighted by Gasteiger charge is -2.18. The zero-order chi connectivity index (χ0) is 19.4. The van der Waals surface area contributed by atoms with E-state index in [-0.39, 0.29) is 10.7 Å². The largest absolute Gasteiger partial charge is 0.867 e. The predicted molar refractivity (Wildman–Crippen MR) is 114 cm³/mol. The van der Waals surface area contributed by atoms with Gasteiger partial charge in [0.2, 0.25) is 5.70 Å². The van der Waals surface area contributed by atoms with Crippen molar-refractivity contribution in [1.29, 1.82) is 0 Å². The lowest BCUT2D eigenvalue weighted by atomic mass is 10.1. The third-order valence-electron chi connectivity index (χ3n) is 3.84. The zero-order valence-electron chi connectivity index (χ0n) is 14.4. The topological polar surface area (TPSA) is 39.0 Å². The summed E-state index contributed by atoms with van der Waals surface area (Å²) in [5.74, 6) is -0.313. The van der Waals surface area contributed by atoms with Gasteiger partial charge in [-0.15, -0.1) is 0 Å². The molecule has 0 spiro atoms. The van der Waals surface area contributed by atoms with Gasteiger partial charge in [0.05, 0.1) is 0 Å². The first-order valence-corrected chi connectivity index (χ1v) is 9.33. The van der Waals surface area contributed by atoms with Crippen LogP contribution in [0.15, 0.2) is 73.1 Å². The van der Waals surface area contributed by atoms with Crippen LogP contribution >= 0.6 is 35.4 Å². The molecule has 0 bridgehead atoms. The Balaban J connectivity index is 2.15. The molecule has 0 aliphatic heterocycles. The van der Waals surface area contributed by atoms with E-state index in [4.69, 9.17) is 35.4 Å². The van der Waals surface area contributed by atoms with Crippen LogP contribution in [0, 0.1) is 6.92 Å². The van der Waals surface area contributed by atoms with Crippen molar-refractivity contribution in [1.82, 2.24) is 0 Å². The van der Waals surface area contributed by atoms with Crippen molar-refractivity contribution in [2.75, 3.05) is 5.32 Å². The molecule has 0 unspecified atom stereocenters. The highest BCUT2D eigenvalue weighted by Crippen LogP contribution is 2.27. The predicted octanol–water partition coefficient (Wildman–Crippen LogP) is 4.71. The van der Waals surface area contributed by atoms with Gasteiger partial charge in [-0.2, -0.15) is 4.57 Å². The molecule has 0 atom stereocenters. The standard InChI is InChI=1S/C21H16Cl2N2OS/c1-14-6-5-11-25(13-14)19(21(27)24-16-7-3-2-4-8-16)20(26)17-12-15(22)9-10-18(17)23/h2-13H,1H3,(H-,24,26,27). The second kappa shape index (κ2) is 8.53. The van der Waals surface area contributed by atoms with Crippen molar-refractivity contribution in [2.45, 2.75) is 6.92 Å². The molecule has 0 aliphatic carbocycles. The molecule has 27 heavy (non-hydrogen) atoms. The minimum Gasteiger partial charge on any atom is -0.867 e. The van der Waals surface area contributed by atoms with Gasteiger partial charge in [-0.05, 0) is 54.6 Å². The van der Waals surface area contributed by atoms with Gasteiger partial charge in [0.15, 0.2) is 17.4 Å². The number of nitrogens with one attached hydrogen (secondary N) is 1. The van der Waals surface area contributed by atoms with Gasteiger partial charge < -0.3 is 10.4 Å². The lowest BCUT2D eigenvalue weighted by molar-refractivity contribution is -0.578. The number of thiocarbonyl (C=S) groups is 1. The molecular weight excluding hydrogens is 399 g/mol. The molecule has 0 fully saturated rings. The highest BCUT2D eigenvalue weighted by molar-refractivity contribution is 7.81. The highest BCUT2D eigenvalue weighted by atomic mass is 35.5. The van der Waals surface area contributed by atoms with Crippen LogP contribution < -0.4 is 15.0 Å². The van der Waals surface area contributed by atoms with E-state index in [0.717, 1.165) is 11.3 Å². The first-order valence-electron chi connectivity index (χ1n) is 8.17. The molecule has 2 aromatic carbocycles. The number of nitrogens with zero attached hydrogens (tertiary/aromatic N) is 1. The molecule has 0 amide bonds. The number of halogens is 2. The zero-order valence-corrected chi connectivity index (χ0v) is 16.8. The minimum absolute atomic E-state index is 0.290. The lowest BCUT2D eigenvalue weighted by Crippen LogP contribution is -2.40. The Morgan fingerprint density at radius 3 is 2.48 bits per heavy atom. The molecule has 3 aromatic rings. The Kier molecular flexibility index (Phi) is 6.11. The molecule has 0 radical (unpaired) electrons. The van der Waals surface area contributed by atoms with E-state index in [2.05, 4.69) is 5.32 Å². The maximum Gasteiger partial charge on any atom is 0.238 e. The average Bonchev–Trinajstić information content (AvgIpc) is 2.64. The van der Waals surface area contributed by atoms with Crippen molar-refractivity contribution in [3.8, 4) is 0 Å². The molecule has 1 heterocycles. The summed E-state index contributed by atoms with van der Waals surface area (Å²) in [5, 5.41) is 17.2. The Hall–Kier alpha value is -2.40. The van der Waals surface area contributed by atoms with E-state index in [1.807, 2.05) is 55.6 Å². The van der Waals surface area contributed by atoms with Crippen LogP contribution in [-0.4, -0.2) is 4.99 Å². The first-order chi connectivity index (χ1) is 13.0. The number of pyridine rings is 1. The van der Waals surface area contributed by atoms with E-state index < -0.39 is 0 Å². The van der Waals surface area contributed by atoms with Gasteiger partial charge in [-0.1, -0.05) is 53.6 Å². The maximum atomic E-state index is 13.3. The third kappa shape index (κ3) is 4.66. The van der Waals surface area contributed by atoms with Gasteiger partial charge in [-0.3, -0.25) is 0 Å². The van der Waals surface area contributed by atoms with E-state index in [9.17, 15) is 5.11 Å². The Morgan fingerprint density at radius 1 is 1.04 bits per heavy atom. The smallest absolute Gasteiger partial charge is 0.238 e. The quantitative estimate of drug-likeness (QED) is 0.290. The first kappa shape index (κ1) is 19.4. The van der Waals surface area contributed by atoms with Crippen LogP contribution in [0.4, 0.5) is 5.69 Å². The summed E-state index contributed by atoms with van der Waals surface area (Å²) in [6, 6.07) is 18.0. The summed E-state index contributed by atoms with van der Waals surface area (Å²) in [6.07, 6.45) is 3.61. The molecule has 0 saturated carbocycles. The van der Waals surface area contributed by atoms with Crippen molar-refractivity contribution >= 4 is 57.6 Å². The molecule has 3 nitrogen and oxygen atoms in total. The number of hydrogen-bond donors (Lipinski definition) is 1. The molecular formula is C21H16Cl2N2OS. The summed E-state index contributed by atoms with van der Waals surface area (Å²) in [5.41, 5.74) is 2.37. The Labute approximate surface area is 173 Å². The number of benzene rings is 2. The van der Waals surface area contributed by atoms with E-state index in [1.54, 1.807) is 29.0 Å². The normalized spacial score (nSPS) is 11.7. The molecule has 0 aliphatic rings. The average molecular weight is 415 g/mol. The van der Waals surface area contributed by atoms with Crippen molar-refractivity contribution in [3.63, 3.8) is 0 Å². The number of rotatable bonds is 4. The Morgan fingerprint density at radius 2 is 1.78 bits per heavy atom. The number of para-hydroxylation sites is 1. The molecule has 6 heteroatoms. The summed E-state index contributed by atoms with van der Waals surface area (Å²) >= 11 is 17.9. The molecule has 1 N–H and O–H groups in total. The van der Waals surface area contributed by atoms with Crippen LogP contribution in [0.5, 0.6) is 0 Å². The van der Waals surface area contributed by atoms with Crippen LogP contribution in [0.2, 0.25) is 10.0 Å². The van der Waals surface area contributed by atoms with Crippen LogP contribution in [0.25, 0.3) is 11.5 Å². The summed E-state index contributed by atoms with van der Waals surface area (Å²) in [6.45, 7) is 1.94. The van der Waals surface area contributed by atoms with Crippen molar-refractivity contribution < 1.29 is 9.67 Å². The minimum atomic E-state index is -0.313. The van der Waals surface area contributed by atoms with Gasteiger partial charge in [0, 0.05) is 27.4 Å².